The van der Waals surface area contributed by atoms with E-state index < -0.39 is 11.6 Å². The zero-order chi connectivity index (χ0) is 19.7. The molecule has 0 amide bonds. The lowest BCUT2D eigenvalue weighted by atomic mass is 10.0. The van der Waals surface area contributed by atoms with Crippen LogP contribution in [0.25, 0.3) is 33.4 Å². The Bertz CT molecular complexity index is 1170. The van der Waals surface area contributed by atoms with Gasteiger partial charge in [0.05, 0.1) is 7.11 Å². The van der Waals surface area contributed by atoms with Crippen LogP contribution in [0.15, 0.2) is 54.9 Å². The third-order valence-corrected chi connectivity index (χ3v) is 4.42. The normalized spacial score (nSPS) is 10.9. The summed E-state index contributed by atoms with van der Waals surface area (Å²) in [6.45, 7) is 0. The molecule has 0 fully saturated rings. The van der Waals surface area contributed by atoms with E-state index in [1.54, 1.807) is 43.7 Å². The van der Waals surface area contributed by atoms with Gasteiger partial charge < -0.3 is 10.1 Å². The van der Waals surface area contributed by atoms with Gasteiger partial charge in [0.2, 0.25) is 0 Å². The van der Waals surface area contributed by atoms with Gasteiger partial charge in [0.25, 0.3) is 0 Å². The summed E-state index contributed by atoms with van der Waals surface area (Å²) in [6.07, 6.45) is 3.26. The summed E-state index contributed by atoms with van der Waals surface area (Å²) in [5.41, 5.74) is 1.53. The molecule has 4 aromatic rings. The van der Waals surface area contributed by atoms with Crippen molar-refractivity contribution < 1.29 is 13.5 Å². The summed E-state index contributed by atoms with van der Waals surface area (Å²) < 4.78 is 34.3. The SMILES string of the molecule is CNc1nc(-c2cccnc2)nc2c(F)c(-c3ccc(F)cc3OC)ccc12. The highest BCUT2D eigenvalue weighted by atomic mass is 19.1. The number of anilines is 1. The Morgan fingerprint density at radius 2 is 1.82 bits per heavy atom. The van der Waals surface area contributed by atoms with Crippen molar-refractivity contribution in [2.24, 2.45) is 0 Å². The number of benzene rings is 2. The minimum atomic E-state index is -0.536. The average Bonchev–Trinajstić information content (AvgIpc) is 2.74. The van der Waals surface area contributed by atoms with Crippen LogP contribution in [-0.2, 0) is 0 Å². The smallest absolute Gasteiger partial charge is 0.163 e. The van der Waals surface area contributed by atoms with E-state index >= 15 is 4.39 Å². The second-order valence-electron chi connectivity index (χ2n) is 6.06. The maximum Gasteiger partial charge on any atom is 0.163 e. The molecule has 0 atom stereocenters. The predicted octanol–water partition coefficient (Wildman–Crippen LogP) is 4.69. The fourth-order valence-electron chi connectivity index (χ4n) is 3.07. The van der Waals surface area contributed by atoms with Crippen molar-refractivity contribution in [3.63, 3.8) is 0 Å². The van der Waals surface area contributed by atoms with Crippen molar-refractivity contribution in [2.45, 2.75) is 0 Å². The van der Waals surface area contributed by atoms with Gasteiger partial charge in [-0.1, -0.05) is 6.07 Å². The number of hydrogen-bond acceptors (Lipinski definition) is 5. The number of fused-ring (bicyclic) bond motifs is 1. The molecular weight excluding hydrogens is 362 g/mol. The first kappa shape index (κ1) is 17.8. The Balaban J connectivity index is 1.98. The molecule has 0 radical (unpaired) electrons. The highest BCUT2D eigenvalue weighted by molar-refractivity contribution is 5.94. The third kappa shape index (κ3) is 3.00. The number of halogens is 2. The molecule has 1 N–H and O–H groups in total. The molecule has 0 spiro atoms. The van der Waals surface area contributed by atoms with E-state index in [1.165, 1.54) is 25.3 Å². The topological polar surface area (TPSA) is 59.9 Å². The summed E-state index contributed by atoms with van der Waals surface area (Å²) in [4.78, 5) is 13.0. The third-order valence-electron chi connectivity index (χ3n) is 4.42. The Morgan fingerprint density at radius 3 is 2.54 bits per heavy atom. The summed E-state index contributed by atoms with van der Waals surface area (Å²) in [5, 5.41) is 3.52. The molecule has 7 heteroatoms. The maximum absolute atomic E-state index is 15.5. The molecule has 0 aliphatic heterocycles. The maximum atomic E-state index is 15.5. The Labute approximate surface area is 160 Å². The fraction of sp³-hybridized carbons (Fsp3) is 0.0952. The lowest BCUT2D eigenvalue weighted by Crippen LogP contribution is -2.01. The van der Waals surface area contributed by atoms with Crippen molar-refractivity contribution in [1.82, 2.24) is 15.0 Å². The van der Waals surface area contributed by atoms with Gasteiger partial charge in [-0.15, -0.1) is 0 Å². The van der Waals surface area contributed by atoms with Crippen LogP contribution in [0.4, 0.5) is 14.6 Å². The zero-order valence-electron chi connectivity index (χ0n) is 15.2. The van der Waals surface area contributed by atoms with E-state index in [4.69, 9.17) is 4.74 Å². The molecule has 0 saturated heterocycles. The summed E-state index contributed by atoms with van der Waals surface area (Å²) in [5.74, 6) is 0.105. The van der Waals surface area contributed by atoms with Crippen LogP contribution in [0.5, 0.6) is 5.75 Å². The van der Waals surface area contributed by atoms with Crippen LogP contribution in [0.1, 0.15) is 0 Å². The number of rotatable bonds is 4. The van der Waals surface area contributed by atoms with Gasteiger partial charge >= 0.3 is 0 Å². The monoisotopic (exact) mass is 378 g/mol. The molecule has 0 aliphatic rings. The molecule has 2 aromatic carbocycles. The first-order chi connectivity index (χ1) is 13.6. The van der Waals surface area contributed by atoms with E-state index in [0.29, 0.717) is 28.2 Å². The van der Waals surface area contributed by atoms with Gasteiger partial charge in [-0.05, 0) is 30.3 Å². The van der Waals surface area contributed by atoms with Crippen molar-refractivity contribution >= 4 is 16.7 Å². The minimum Gasteiger partial charge on any atom is -0.496 e. The van der Waals surface area contributed by atoms with Crippen LogP contribution in [0.3, 0.4) is 0 Å². The molecule has 0 saturated carbocycles. The van der Waals surface area contributed by atoms with E-state index in [-0.39, 0.29) is 16.8 Å². The summed E-state index contributed by atoms with van der Waals surface area (Å²) in [6, 6.07) is 10.9. The molecule has 140 valence electrons. The van der Waals surface area contributed by atoms with Crippen LogP contribution < -0.4 is 10.1 Å². The quantitative estimate of drug-likeness (QED) is 0.558. The first-order valence-corrected chi connectivity index (χ1v) is 8.54. The number of nitrogens with one attached hydrogen (secondary N) is 1. The molecule has 5 nitrogen and oxygen atoms in total. The molecule has 4 rings (SSSR count). The molecule has 0 unspecified atom stereocenters. The number of hydrogen-bond donors (Lipinski definition) is 1. The molecular formula is C21H16F2N4O. The summed E-state index contributed by atoms with van der Waals surface area (Å²) in [7, 11) is 3.13. The van der Waals surface area contributed by atoms with Crippen LogP contribution >= 0.6 is 0 Å². The van der Waals surface area contributed by atoms with E-state index in [9.17, 15) is 4.39 Å². The standard InChI is InChI=1S/C21H16F2N4O/c1-24-21-16-8-7-15(14-6-5-13(22)10-17(14)28-2)18(23)19(16)26-20(27-21)12-4-3-9-25-11-12/h3-11H,1-2H3,(H,24,26,27). The Morgan fingerprint density at radius 1 is 1.00 bits per heavy atom. The lowest BCUT2D eigenvalue weighted by Gasteiger charge is -2.13. The van der Waals surface area contributed by atoms with Crippen LogP contribution in [0.2, 0.25) is 0 Å². The second kappa shape index (κ2) is 7.19. The van der Waals surface area contributed by atoms with Gasteiger partial charge in [-0.2, -0.15) is 0 Å². The number of nitrogens with zero attached hydrogens (tertiary/aromatic N) is 3. The highest BCUT2D eigenvalue weighted by Gasteiger charge is 2.18. The molecule has 2 aromatic heterocycles. The van der Waals surface area contributed by atoms with Crippen LogP contribution in [-0.4, -0.2) is 29.1 Å². The Kier molecular flexibility index (Phi) is 4.57. The highest BCUT2D eigenvalue weighted by Crippen LogP contribution is 2.36. The minimum absolute atomic E-state index is 0.155. The largest absolute Gasteiger partial charge is 0.496 e. The number of methoxy groups -OCH3 is 1. The molecule has 0 aliphatic carbocycles. The van der Waals surface area contributed by atoms with Gasteiger partial charge in [0.1, 0.15) is 22.9 Å². The predicted molar refractivity (Wildman–Crippen MR) is 104 cm³/mol. The van der Waals surface area contributed by atoms with Crippen molar-refractivity contribution in [3.05, 3.63) is 66.5 Å². The van der Waals surface area contributed by atoms with E-state index in [1.807, 2.05) is 0 Å². The molecule has 0 bridgehead atoms. The van der Waals surface area contributed by atoms with Crippen molar-refractivity contribution in [1.29, 1.82) is 0 Å². The lowest BCUT2D eigenvalue weighted by molar-refractivity contribution is 0.412. The van der Waals surface area contributed by atoms with Gasteiger partial charge in [-0.25, -0.2) is 18.7 Å². The fourth-order valence-corrected chi connectivity index (χ4v) is 3.07. The van der Waals surface area contributed by atoms with Gasteiger partial charge in [0, 0.05) is 47.6 Å². The number of pyridine rings is 1. The zero-order valence-corrected chi connectivity index (χ0v) is 15.2. The number of ether oxygens (including phenoxy) is 1. The van der Waals surface area contributed by atoms with Crippen molar-refractivity contribution in [2.75, 3.05) is 19.5 Å². The van der Waals surface area contributed by atoms with Gasteiger partial charge in [-0.3, -0.25) is 4.98 Å². The van der Waals surface area contributed by atoms with Crippen LogP contribution in [0, 0.1) is 11.6 Å². The molecule has 28 heavy (non-hydrogen) atoms. The Hall–Kier alpha value is -3.61. The first-order valence-electron chi connectivity index (χ1n) is 8.54. The average molecular weight is 378 g/mol. The summed E-state index contributed by atoms with van der Waals surface area (Å²) >= 11 is 0. The number of aromatic nitrogens is 3. The van der Waals surface area contributed by atoms with Gasteiger partial charge in [0.15, 0.2) is 11.6 Å². The second-order valence-corrected chi connectivity index (χ2v) is 6.06. The molecule has 2 heterocycles. The van der Waals surface area contributed by atoms with Crippen molar-refractivity contribution in [3.8, 4) is 28.3 Å². The van der Waals surface area contributed by atoms with E-state index in [0.717, 1.165) is 0 Å². The van der Waals surface area contributed by atoms with E-state index in [2.05, 4.69) is 20.3 Å².